The van der Waals surface area contributed by atoms with Crippen LogP contribution in [0, 0.1) is 11.8 Å². The predicted molar refractivity (Wildman–Crippen MR) is 120 cm³/mol. The van der Waals surface area contributed by atoms with E-state index in [1.54, 1.807) is 30.3 Å². The maximum atomic E-state index is 10.6. The van der Waals surface area contributed by atoms with Gasteiger partial charge in [0.05, 0.1) is 25.4 Å². The van der Waals surface area contributed by atoms with Crippen LogP contribution in [0.2, 0.25) is 5.02 Å². The number of carboxylic acid groups (broad SMARTS) is 1. The summed E-state index contributed by atoms with van der Waals surface area (Å²) < 4.78 is 17.5. The van der Waals surface area contributed by atoms with Gasteiger partial charge >= 0.3 is 5.97 Å². The van der Waals surface area contributed by atoms with Crippen LogP contribution in [0.5, 0.6) is 5.75 Å². The second-order valence-corrected chi connectivity index (χ2v) is 8.66. The summed E-state index contributed by atoms with van der Waals surface area (Å²) in [5, 5.41) is 30.2. The number of carbonyl (C=O) groups is 1. The minimum Gasteiger partial charge on any atom is -0.488 e. The fraction of sp³-hybridized carbons (Fsp3) is 0.542. The van der Waals surface area contributed by atoms with Gasteiger partial charge in [0.15, 0.2) is 0 Å². The lowest BCUT2D eigenvalue weighted by Gasteiger charge is -2.26. The Labute approximate surface area is 193 Å². The Kier molecular flexibility index (Phi) is 9.13. The van der Waals surface area contributed by atoms with Crippen LogP contribution in [0.1, 0.15) is 32.1 Å². The van der Waals surface area contributed by atoms with E-state index in [4.69, 9.17) is 30.9 Å². The molecular formula is C24H31ClO7. The largest absolute Gasteiger partial charge is 0.488 e. The van der Waals surface area contributed by atoms with Crippen molar-refractivity contribution in [1.82, 2.24) is 0 Å². The van der Waals surface area contributed by atoms with Crippen LogP contribution in [0.15, 0.2) is 48.6 Å². The first-order valence-corrected chi connectivity index (χ1v) is 11.3. The predicted octanol–water partition coefficient (Wildman–Crippen LogP) is 3.58. The molecule has 0 unspecified atom stereocenters. The fourth-order valence-electron chi connectivity index (χ4n) is 4.15. The second kappa shape index (κ2) is 11.8. The van der Waals surface area contributed by atoms with E-state index in [0.29, 0.717) is 49.7 Å². The smallest absolute Gasteiger partial charge is 0.303 e. The molecule has 7 nitrogen and oxygen atoms in total. The molecule has 0 amide bonds. The van der Waals surface area contributed by atoms with Crippen LogP contribution in [-0.4, -0.2) is 59.1 Å². The maximum Gasteiger partial charge on any atom is 0.303 e. The van der Waals surface area contributed by atoms with Crippen LogP contribution in [0.4, 0.5) is 0 Å². The first-order valence-electron chi connectivity index (χ1n) is 11.0. The van der Waals surface area contributed by atoms with Crippen LogP contribution in [0.25, 0.3) is 0 Å². The molecule has 3 rings (SSSR count). The topological polar surface area (TPSA) is 105 Å². The number of allylic oxidation sites excluding steroid dienone is 2. The van der Waals surface area contributed by atoms with Crippen molar-refractivity contribution in [2.45, 2.75) is 50.1 Å². The zero-order valence-corrected chi connectivity index (χ0v) is 18.7. The maximum absolute atomic E-state index is 10.6. The quantitative estimate of drug-likeness (QED) is 0.338. The molecule has 1 heterocycles. The fourth-order valence-corrected chi connectivity index (χ4v) is 4.33. The number of ether oxygens (including phenoxy) is 3. The zero-order valence-electron chi connectivity index (χ0n) is 17.9. The molecule has 176 valence electrons. The van der Waals surface area contributed by atoms with Gasteiger partial charge in [-0.15, -0.1) is 0 Å². The average molecular weight is 467 g/mol. The lowest BCUT2D eigenvalue weighted by molar-refractivity contribution is -0.139. The molecule has 1 saturated heterocycles. The molecule has 1 aromatic rings. The van der Waals surface area contributed by atoms with Gasteiger partial charge < -0.3 is 29.5 Å². The minimum absolute atomic E-state index is 0.128. The van der Waals surface area contributed by atoms with Crippen molar-refractivity contribution in [3.8, 4) is 5.75 Å². The standard InChI is InChI=1S/C24H31ClO7/c25-17-6-5-7-18(14-17)30-16-24(31-12-13-32-24)11-10-20-19(21(26)15-22(20)27)8-3-1-2-4-9-23(28)29/h1,3,5-7,10-11,14,19-22,26-27H,2,4,8-9,12-13,15-16H2,(H,28,29)/b3-1+,11-10+/t19-,20-,21+,22-/m0/s1. The van der Waals surface area contributed by atoms with Crippen LogP contribution in [0.3, 0.4) is 0 Å². The molecule has 4 atom stereocenters. The molecule has 8 heteroatoms. The molecule has 32 heavy (non-hydrogen) atoms. The number of unbranched alkanes of at least 4 members (excludes halogenated alkanes) is 1. The second-order valence-electron chi connectivity index (χ2n) is 8.22. The Morgan fingerprint density at radius 3 is 2.72 bits per heavy atom. The Morgan fingerprint density at radius 1 is 1.22 bits per heavy atom. The average Bonchev–Trinajstić information content (AvgIpc) is 3.32. The normalized spacial score (nSPS) is 27.5. The highest BCUT2D eigenvalue weighted by atomic mass is 35.5. The van der Waals surface area contributed by atoms with Crippen molar-refractivity contribution >= 4 is 17.6 Å². The Bertz CT molecular complexity index is 803. The molecule has 1 aromatic carbocycles. The SMILES string of the molecule is O=C(O)CCC/C=C/C[C@H]1[C@H](/C=C/C2(COc3cccc(Cl)c3)OCCO2)[C@@H](O)C[C@H]1O. The van der Waals surface area contributed by atoms with Gasteiger partial charge in [-0.05, 0) is 49.5 Å². The third kappa shape index (κ3) is 7.05. The van der Waals surface area contributed by atoms with Crippen molar-refractivity contribution in [2.75, 3.05) is 19.8 Å². The van der Waals surface area contributed by atoms with E-state index < -0.39 is 24.0 Å². The molecule has 1 aliphatic heterocycles. The number of aliphatic hydroxyl groups excluding tert-OH is 2. The highest BCUT2D eigenvalue weighted by Gasteiger charge is 2.41. The number of rotatable bonds is 11. The number of benzene rings is 1. The van der Waals surface area contributed by atoms with Crippen molar-refractivity contribution in [1.29, 1.82) is 0 Å². The molecule has 1 saturated carbocycles. The Balaban J connectivity index is 1.61. The molecule has 2 aliphatic rings. The molecule has 2 fully saturated rings. The van der Waals surface area contributed by atoms with Gasteiger partial charge in [-0.2, -0.15) is 0 Å². The van der Waals surface area contributed by atoms with E-state index in [2.05, 4.69) is 0 Å². The molecule has 0 bridgehead atoms. The van der Waals surface area contributed by atoms with E-state index in [9.17, 15) is 15.0 Å². The van der Waals surface area contributed by atoms with Gasteiger partial charge in [-0.3, -0.25) is 4.79 Å². The van der Waals surface area contributed by atoms with Gasteiger partial charge in [0.25, 0.3) is 0 Å². The molecule has 3 N–H and O–H groups in total. The number of aliphatic hydroxyl groups is 2. The number of hydrogen-bond donors (Lipinski definition) is 3. The van der Waals surface area contributed by atoms with E-state index in [1.165, 1.54) is 0 Å². The number of aliphatic carboxylic acids is 1. The molecule has 0 aromatic heterocycles. The van der Waals surface area contributed by atoms with Crippen LogP contribution < -0.4 is 4.74 Å². The van der Waals surface area contributed by atoms with Gasteiger partial charge in [0, 0.05) is 23.8 Å². The number of hydrogen-bond acceptors (Lipinski definition) is 6. The zero-order chi connectivity index (χ0) is 23.0. The first-order chi connectivity index (χ1) is 15.4. The summed E-state index contributed by atoms with van der Waals surface area (Å²) >= 11 is 6.01. The number of carboxylic acids is 1. The Morgan fingerprint density at radius 2 is 2.00 bits per heavy atom. The minimum atomic E-state index is -1.06. The van der Waals surface area contributed by atoms with Gasteiger partial charge in [0.1, 0.15) is 12.4 Å². The molecule has 0 spiro atoms. The van der Waals surface area contributed by atoms with Gasteiger partial charge in [-0.1, -0.05) is 35.9 Å². The summed E-state index contributed by atoms with van der Waals surface area (Å²) in [5.74, 6) is -1.67. The first kappa shape index (κ1) is 24.7. The highest BCUT2D eigenvalue weighted by molar-refractivity contribution is 6.30. The third-order valence-electron chi connectivity index (χ3n) is 5.84. The van der Waals surface area contributed by atoms with E-state index in [1.807, 2.05) is 18.2 Å². The van der Waals surface area contributed by atoms with Crippen molar-refractivity contribution in [3.05, 3.63) is 53.6 Å². The van der Waals surface area contributed by atoms with E-state index in [0.717, 1.165) is 0 Å². The monoisotopic (exact) mass is 466 g/mol. The van der Waals surface area contributed by atoms with Gasteiger partial charge in [0.2, 0.25) is 5.79 Å². The Hall–Kier alpha value is -1.90. The summed E-state index contributed by atoms with van der Waals surface area (Å²) in [6, 6.07) is 7.07. The number of halogens is 1. The molecule has 0 radical (unpaired) electrons. The van der Waals surface area contributed by atoms with Crippen LogP contribution >= 0.6 is 11.6 Å². The summed E-state index contributed by atoms with van der Waals surface area (Å²) in [7, 11) is 0. The summed E-state index contributed by atoms with van der Waals surface area (Å²) in [6.45, 7) is 0.993. The van der Waals surface area contributed by atoms with Crippen molar-refractivity contribution in [3.63, 3.8) is 0 Å². The molecule has 1 aliphatic carbocycles. The summed E-state index contributed by atoms with van der Waals surface area (Å²) in [5.41, 5.74) is 0. The summed E-state index contributed by atoms with van der Waals surface area (Å²) in [6.07, 6.45) is 8.52. The van der Waals surface area contributed by atoms with Crippen molar-refractivity contribution in [2.24, 2.45) is 11.8 Å². The third-order valence-corrected chi connectivity index (χ3v) is 6.07. The van der Waals surface area contributed by atoms with Crippen molar-refractivity contribution < 1.29 is 34.3 Å². The summed E-state index contributed by atoms with van der Waals surface area (Å²) in [4.78, 5) is 10.6. The lowest BCUT2D eigenvalue weighted by atomic mass is 9.89. The highest BCUT2D eigenvalue weighted by Crippen LogP contribution is 2.37. The molecular weight excluding hydrogens is 436 g/mol. The van der Waals surface area contributed by atoms with E-state index >= 15 is 0 Å². The lowest BCUT2D eigenvalue weighted by Crippen LogP contribution is -2.35. The van der Waals surface area contributed by atoms with Crippen LogP contribution in [-0.2, 0) is 14.3 Å². The van der Waals surface area contributed by atoms with Gasteiger partial charge in [-0.25, -0.2) is 0 Å². The van der Waals surface area contributed by atoms with E-state index in [-0.39, 0.29) is 24.9 Å².